The number of fused-ring (bicyclic) bond motifs is 1. The van der Waals surface area contributed by atoms with Crippen LogP contribution in [0.1, 0.15) is 34.6 Å². The van der Waals surface area contributed by atoms with Gasteiger partial charge in [-0.3, -0.25) is 4.79 Å². The quantitative estimate of drug-likeness (QED) is 0.852. The van der Waals surface area contributed by atoms with Gasteiger partial charge in [-0.15, -0.1) is 11.3 Å². The second-order valence-electron chi connectivity index (χ2n) is 5.18. The van der Waals surface area contributed by atoms with E-state index in [9.17, 15) is 4.79 Å². The highest BCUT2D eigenvalue weighted by Crippen LogP contribution is 2.44. The molecule has 1 fully saturated rings. The van der Waals surface area contributed by atoms with Crippen LogP contribution in [0.4, 0.5) is 0 Å². The van der Waals surface area contributed by atoms with Crippen LogP contribution in [0.2, 0.25) is 0 Å². The van der Waals surface area contributed by atoms with E-state index in [1.807, 2.05) is 11.3 Å². The Morgan fingerprint density at radius 1 is 1.47 bits per heavy atom. The molecule has 2 aliphatic carbocycles. The van der Waals surface area contributed by atoms with Crippen molar-refractivity contribution >= 4 is 17.2 Å². The summed E-state index contributed by atoms with van der Waals surface area (Å²) in [5.74, 6) is 0.147. The van der Waals surface area contributed by atoms with Crippen molar-refractivity contribution in [1.82, 2.24) is 5.32 Å². The SMILES string of the molecule is NCC1(C(=O)NCc2cc3c(s2)CCC3)CC1. The van der Waals surface area contributed by atoms with Gasteiger partial charge in [0, 0.05) is 16.3 Å². The number of amides is 1. The molecule has 0 unspecified atom stereocenters. The van der Waals surface area contributed by atoms with Gasteiger partial charge < -0.3 is 11.1 Å². The number of hydrogen-bond acceptors (Lipinski definition) is 3. The Kier molecular flexibility index (Phi) is 2.71. The molecular formula is C13H18N2OS. The maximum Gasteiger partial charge on any atom is 0.227 e. The van der Waals surface area contributed by atoms with E-state index in [0.717, 1.165) is 12.8 Å². The fourth-order valence-electron chi connectivity index (χ4n) is 2.51. The van der Waals surface area contributed by atoms with E-state index in [1.165, 1.54) is 34.6 Å². The first-order valence-electron chi connectivity index (χ1n) is 6.32. The van der Waals surface area contributed by atoms with E-state index in [1.54, 1.807) is 0 Å². The minimum absolute atomic E-state index is 0.147. The third-order valence-corrected chi connectivity index (χ3v) is 5.18. The van der Waals surface area contributed by atoms with Crippen LogP contribution in [-0.4, -0.2) is 12.5 Å². The zero-order valence-electron chi connectivity index (χ0n) is 9.92. The molecule has 17 heavy (non-hydrogen) atoms. The monoisotopic (exact) mass is 250 g/mol. The number of carbonyl (C=O) groups is 1. The molecule has 92 valence electrons. The Labute approximate surface area is 105 Å². The van der Waals surface area contributed by atoms with Crippen molar-refractivity contribution in [3.8, 4) is 0 Å². The summed E-state index contributed by atoms with van der Waals surface area (Å²) in [5, 5.41) is 3.03. The molecule has 1 heterocycles. The Bertz CT molecular complexity index is 427. The number of hydrogen-bond donors (Lipinski definition) is 2. The summed E-state index contributed by atoms with van der Waals surface area (Å²) < 4.78 is 0. The smallest absolute Gasteiger partial charge is 0.227 e. The van der Waals surface area contributed by atoms with E-state index >= 15 is 0 Å². The third kappa shape index (κ3) is 2.00. The Hall–Kier alpha value is -0.870. The molecule has 1 amide bonds. The number of thiophene rings is 1. The molecular weight excluding hydrogens is 232 g/mol. The van der Waals surface area contributed by atoms with E-state index in [-0.39, 0.29) is 11.3 Å². The summed E-state index contributed by atoms with van der Waals surface area (Å²) in [5.41, 5.74) is 6.92. The molecule has 4 heteroatoms. The zero-order chi connectivity index (χ0) is 11.9. The largest absolute Gasteiger partial charge is 0.351 e. The summed E-state index contributed by atoms with van der Waals surface area (Å²) in [4.78, 5) is 14.7. The molecule has 3 nitrogen and oxygen atoms in total. The van der Waals surface area contributed by atoms with E-state index in [4.69, 9.17) is 5.73 Å². The molecule has 0 saturated heterocycles. The predicted molar refractivity (Wildman–Crippen MR) is 68.9 cm³/mol. The van der Waals surface area contributed by atoms with Gasteiger partial charge in [-0.1, -0.05) is 0 Å². The Morgan fingerprint density at radius 3 is 2.94 bits per heavy atom. The van der Waals surface area contributed by atoms with Gasteiger partial charge in [0.2, 0.25) is 5.91 Å². The topological polar surface area (TPSA) is 55.1 Å². The van der Waals surface area contributed by atoms with Crippen molar-refractivity contribution in [3.05, 3.63) is 21.4 Å². The van der Waals surface area contributed by atoms with Gasteiger partial charge in [0.05, 0.1) is 12.0 Å². The van der Waals surface area contributed by atoms with Crippen LogP contribution in [0.15, 0.2) is 6.07 Å². The van der Waals surface area contributed by atoms with Crippen LogP contribution in [0.25, 0.3) is 0 Å². The second kappa shape index (κ2) is 4.10. The fourth-order valence-corrected chi connectivity index (χ4v) is 3.71. The normalized spacial score (nSPS) is 20.1. The number of carbonyl (C=O) groups excluding carboxylic acids is 1. The molecule has 3 rings (SSSR count). The highest BCUT2D eigenvalue weighted by molar-refractivity contribution is 7.12. The molecule has 1 saturated carbocycles. The van der Waals surface area contributed by atoms with Gasteiger partial charge in [-0.2, -0.15) is 0 Å². The molecule has 1 aromatic rings. The first kappa shape index (κ1) is 11.2. The molecule has 1 aromatic heterocycles. The van der Waals surface area contributed by atoms with Crippen molar-refractivity contribution < 1.29 is 4.79 Å². The fraction of sp³-hybridized carbons (Fsp3) is 0.615. The van der Waals surface area contributed by atoms with Gasteiger partial charge in [0.25, 0.3) is 0 Å². The first-order chi connectivity index (χ1) is 8.23. The minimum atomic E-state index is -0.222. The average Bonchev–Trinajstić information content (AvgIpc) is 2.86. The highest BCUT2D eigenvalue weighted by atomic mass is 32.1. The lowest BCUT2D eigenvalue weighted by molar-refractivity contribution is -0.126. The van der Waals surface area contributed by atoms with E-state index in [2.05, 4.69) is 11.4 Å². The molecule has 0 radical (unpaired) electrons. The average molecular weight is 250 g/mol. The molecule has 2 aliphatic rings. The Morgan fingerprint density at radius 2 is 2.29 bits per heavy atom. The summed E-state index contributed by atoms with van der Waals surface area (Å²) in [6.07, 6.45) is 5.64. The summed E-state index contributed by atoms with van der Waals surface area (Å²) in [6.45, 7) is 1.16. The van der Waals surface area contributed by atoms with Gasteiger partial charge in [0.15, 0.2) is 0 Å². The van der Waals surface area contributed by atoms with Crippen LogP contribution in [0.5, 0.6) is 0 Å². The van der Waals surface area contributed by atoms with Gasteiger partial charge in [-0.05, 0) is 43.7 Å². The molecule has 3 N–H and O–H groups in total. The lowest BCUT2D eigenvalue weighted by Gasteiger charge is -2.11. The van der Waals surface area contributed by atoms with Crippen molar-refractivity contribution in [2.45, 2.75) is 38.6 Å². The minimum Gasteiger partial charge on any atom is -0.351 e. The van der Waals surface area contributed by atoms with Crippen molar-refractivity contribution in [2.24, 2.45) is 11.1 Å². The maximum absolute atomic E-state index is 11.9. The first-order valence-corrected chi connectivity index (χ1v) is 7.14. The van der Waals surface area contributed by atoms with Crippen molar-refractivity contribution in [2.75, 3.05) is 6.54 Å². The van der Waals surface area contributed by atoms with E-state index < -0.39 is 0 Å². The van der Waals surface area contributed by atoms with Crippen molar-refractivity contribution in [3.63, 3.8) is 0 Å². The standard InChI is InChI=1S/C13H18N2OS/c14-8-13(4-5-13)12(16)15-7-10-6-9-2-1-3-11(9)17-10/h6H,1-5,7-8,14H2,(H,15,16). The highest BCUT2D eigenvalue weighted by Gasteiger charge is 2.48. The summed E-state index contributed by atoms with van der Waals surface area (Å²) >= 11 is 1.86. The van der Waals surface area contributed by atoms with Crippen molar-refractivity contribution in [1.29, 1.82) is 0 Å². The number of nitrogens with two attached hydrogens (primary N) is 1. The third-order valence-electron chi connectivity index (χ3n) is 3.95. The second-order valence-corrected chi connectivity index (χ2v) is 6.40. The number of aryl methyl sites for hydroxylation is 2. The molecule has 0 atom stereocenters. The lowest BCUT2D eigenvalue weighted by atomic mass is 10.1. The van der Waals surface area contributed by atoms with E-state index in [0.29, 0.717) is 13.1 Å². The molecule has 0 aliphatic heterocycles. The van der Waals surface area contributed by atoms with Gasteiger partial charge >= 0.3 is 0 Å². The molecule has 0 bridgehead atoms. The molecule has 0 spiro atoms. The summed E-state index contributed by atoms with van der Waals surface area (Å²) in [6, 6.07) is 2.26. The van der Waals surface area contributed by atoms with Crippen LogP contribution in [-0.2, 0) is 24.2 Å². The maximum atomic E-state index is 11.9. The molecule has 0 aromatic carbocycles. The summed E-state index contributed by atoms with van der Waals surface area (Å²) in [7, 11) is 0. The lowest BCUT2D eigenvalue weighted by Crippen LogP contribution is -2.35. The van der Waals surface area contributed by atoms with Crippen LogP contribution < -0.4 is 11.1 Å². The van der Waals surface area contributed by atoms with Crippen LogP contribution in [0, 0.1) is 5.41 Å². The van der Waals surface area contributed by atoms with Gasteiger partial charge in [-0.25, -0.2) is 0 Å². The van der Waals surface area contributed by atoms with Crippen LogP contribution >= 0.6 is 11.3 Å². The predicted octanol–water partition coefficient (Wildman–Crippen LogP) is 1.59. The van der Waals surface area contributed by atoms with Crippen LogP contribution in [0.3, 0.4) is 0 Å². The van der Waals surface area contributed by atoms with Gasteiger partial charge in [0.1, 0.15) is 0 Å². The number of nitrogens with one attached hydrogen (secondary N) is 1. The zero-order valence-corrected chi connectivity index (χ0v) is 10.7. The number of rotatable bonds is 4. The Balaban J connectivity index is 1.59.